The third-order valence-electron chi connectivity index (χ3n) is 2.85. The van der Waals surface area contributed by atoms with E-state index in [1.54, 1.807) is 0 Å². The van der Waals surface area contributed by atoms with Gasteiger partial charge in [-0.15, -0.1) is 0 Å². The van der Waals surface area contributed by atoms with Crippen LogP contribution in [0.5, 0.6) is 0 Å². The van der Waals surface area contributed by atoms with Crippen LogP contribution in [0, 0.1) is 5.82 Å². The quantitative estimate of drug-likeness (QED) is 0.744. The number of para-hydroxylation sites is 1. The van der Waals surface area contributed by atoms with E-state index in [1.165, 1.54) is 23.1 Å². The SMILES string of the molecule is O=Cc1cccc(F)c1N1CCCC(F)(F)C1. The van der Waals surface area contributed by atoms with E-state index in [0.29, 0.717) is 19.3 Å². The molecule has 0 aliphatic carbocycles. The van der Waals surface area contributed by atoms with Crippen LogP contribution in [0.25, 0.3) is 0 Å². The lowest BCUT2D eigenvalue weighted by Gasteiger charge is -2.34. The molecule has 0 spiro atoms. The molecule has 0 aromatic heterocycles. The molecule has 0 bridgehead atoms. The van der Waals surface area contributed by atoms with E-state index < -0.39 is 18.3 Å². The van der Waals surface area contributed by atoms with Crippen molar-refractivity contribution in [3.8, 4) is 0 Å². The molecular weight excluding hydrogens is 231 g/mol. The Morgan fingerprint density at radius 2 is 2.12 bits per heavy atom. The van der Waals surface area contributed by atoms with Crippen molar-refractivity contribution < 1.29 is 18.0 Å². The van der Waals surface area contributed by atoms with Gasteiger partial charge >= 0.3 is 0 Å². The summed E-state index contributed by atoms with van der Waals surface area (Å²) in [6.07, 6.45) is 0.596. The number of piperidine rings is 1. The van der Waals surface area contributed by atoms with Crippen LogP contribution in [0.4, 0.5) is 18.9 Å². The van der Waals surface area contributed by atoms with Gasteiger partial charge in [0.25, 0.3) is 5.92 Å². The van der Waals surface area contributed by atoms with Crippen molar-refractivity contribution in [1.29, 1.82) is 0 Å². The molecule has 1 fully saturated rings. The van der Waals surface area contributed by atoms with Crippen molar-refractivity contribution >= 4 is 12.0 Å². The zero-order chi connectivity index (χ0) is 12.5. The lowest BCUT2D eigenvalue weighted by atomic mass is 10.0. The van der Waals surface area contributed by atoms with Gasteiger partial charge in [0, 0.05) is 18.5 Å². The van der Waals surface area contributed by atoms with Crippen molar-refractivity contribution in [2.75, 3.05) is 18.0 Å². The zero-order valence-corrected chi connectivity index (χ0v) is 9.13. The van der Waals surface area contributed by atoms with Gasteiger partial charge in [-0.25, -0.2) is 13.2 Å². The third kappa shape index (κ3) is 2.43. The number of carbonyl (C=O) groups is 1. The molecule has 92 valence electrons. The highest BCUT2D eigenvalue weighted by atomic mass is 19.3. The first-order valence-corrected chi connectivity index (χ1v) is 5.40. The van der Waals surface area contributed by atoms with Gasteiger partial charge in [0.1, 0.15) is 5.82 Å². The van der Waals surface area contributed by atoms with Crippen LogP contribution in [0.15, 0.2) is 18.2 Å². The van der Waals surface area contributed by atoms with Crippen molar-refractivity contribution in [3.05, 3.63) is 29.6 Å². The largest absolute Gasteiger partial charge is 0.363 e. The molecule has 0 atom stereocenters. The Kier molecular flexibility index (Phi) is 3.09. The molecule has 0 N–H and O–H groups in total. The second-order valence-electron chi connectivity index (χ2n) is 4.18. The fraction of sp³-hybridized carbons (Fsp3) is 0.417. The standard InChI is InChI=1S/C12H12F3NO/c13-10-4-1-3-9(7-17)11(10)16-6-2-5-12(14,15)8-16/h1,3-4,7H,2,5-6,8H2. The van der Waals surface area contributed by atoms with E-state index in [9.17, 15) is 18.0 Å². The van der Waals surface area contributed by atoms with Gasteiger partial charge < -0.3 is 4.90 Å². The zero-order valence-electron chi connectivity index (χ0n) is 9.13. The van der Waals surface area contributed by atoms with Gasteiger partial charge in [-0.05, 0) is 18.6 Å². The molecule has 17 heavy (non-hydrogen) atoms. The van der Waals surface area contributed by atoms with E-state index in [0.717, 1.165) is 0 Å². The van der Waals surface area contributed by atoms with Gasteiger partial charge in [0.15, 0.2) is 6.29 Å². The molecule has 2 nitrogen and oxygen atoms in total. The topological polar surface area (TPSA) is 20.3 Å². The summed E-state index contributed by atoms with van der Waals surface area (Å²) >= 11 is 0. The number of carbonyl (C=O) groups excluding carboxylic acids is 1. The molecule has 1 aliphatic heterocycles. The summed E-state index contributed by atoms with van der Waals surface area (Å²) in [5.74, 6) is -3.45. The Morgan fingerprint density at radius 3 is 2.76 bits per heavy atom. The molecule has 1 aliphatic rings. The highest BCUT2D eigenvalue weighted by Gasteiger charge is 2.36. The van der Waals surface area contributed by atoms with E-state index in [1.807, 2.05) is 0 Å². The van der Waals surface area contributed by atoms with Crippen LogP contribution >= 0.6 is 0 Å². The average molecular weight is 243 g/mol. The molecule has 1 aromatic carbocycles. The first-order chi connectivity index (χ1) is 8.03. The molecule has 1 aromatic rings. The van der Waals surface area contributed by atoms with Crippen LogP contribution in [0.3, 0.4) is 0 Å². The number of alkyl halides is 2. The van der Waals surface area contributed by atoms with Crippen LogP contribution in [-0.2, 0) is 0 Å². The second kappa shape index (κ2) is 4.39. The highest BCUT2D eigenvalue weighted by Crippen LogP contribution is 2.32. The second-order valence-corrected chi connectivity index (χ2v) is 4.18. The maximum atomic E-state index is 13.6. The summed E-state index contributed by atoms with van der Waals surface area (Å²) in [6, 6.07) is 4.00. The molecular formula is C12H12F3NO. The molecule has 0 radical (unpaired) electrons. The van der Waals surface area contributed by atoms with Crippen molar-refractivity contribution in [2.45, 2.75) is 18.8 Å². The number of hydrogen-bond acceptors (Lipinski definition) is 2. The van der Waals surface area contributed by atoms with E-state index in [-0.39, 0.29) is 17.7 Å². The summed E-state index contributed by atoms with van der Waals surface area (Å²) in [5.41, 5.74) is 0.101. The van der Waals surface area contributed by atoms with E-state index >= 15 is 0 Å². The summed E-state index contributed by atoms with van der Waals surface area (Å²) in [7, 11) is 0. The number of hydrogen-bond donors (Lipinski definition) is 0. The summed E-state index contributed by atoms with van der Waals surface area (Å²) < 4.78 is 40.1. The summed E-state index contributed by atoms with van der Waals surface area (Å²) in [6.45, 7) is -0.188. The molecule has 0 saturated carbocycles. The summed E-state index contributed by atoms with van der Waals surface area (Å²) in [5, 5.41) is 0. The Labute approximate surface area is 97.0 Å². The Bertz CT molecular complexity index is 434. The van der Waals surface area contributed by atoms with E-state index in [2.05, 4.69) is 0 Å². The van der Waals surface area contributed by atoms with Gasteiger partial charge in [-0.3, -0.25) is 4.79 Å². The number of halogens is 3. The predicted octanol–water partition coefficient (Wildman–Crippen LogP) is 2.87. The Balaban J connectivity index is 2.36. The smallest absolute Gasteiger partial charge is 0.265 e. The predicted molar refractivity (Wildman–Crippen MR) is 58.2 cm³/mol. The summed E-state index contributed by atoms with van der Waals surface area (Å²) in [4.78, 5) is 12.1. The maximum absolute atomic E-state index is 13.6. The minimum atomic E-state index is -2.82. The number of aldehydes is 1. The molecule has 0 unspecified atom stereocenters. The van der Waals surface area contributed by atoms with E-state index in [4.69, 9.17) is 0 Å². The lowest BCUT2D eigenvalue weighted by molar-refractivity contribution is -0.0118. The fourth-order valence-corrected chi connectivity index (χ4v) is 2.12. The average Bonchev–Trinajstić information content (AvgIpc) is 2.27. The van der Waals surface area contributed by atoms with Crippen molar-refractivity contribution in [1.82, 2.24) is 0 Å². The number of nitrogens with zero attached hydrogens (tertiary/aromatic N) is 1. The molecule has 1 saturated heterocycles. The van der Waals surface area contributed by atoms with Gasteiger partial charge in [0.2, 0.25) is 0 Å². The van der Waals surface area contributed by atoms with Crippen LogP contribution in [0.1, 0.15) is 23.2 Å². The van der Waals surface area contributed by atoms with Gasteiger partial charge in [0.05, 0.1) is 12.2 Å². The van der Waals surface area contributed by atoms with Crippen molar-refractivity contribution in [3.63, 3.8) is 0 Å². The lowest BCUT2D eigenvalue weighted by Crippen LogP contribution is -2.43. The number of benzene rings is 1. The highest BCUT2D eigenvalue weighted by molar-refractivity contribution is 5.84. The maximum Gasteiger partial charge on any atom is 0.265 e. The number of anilines is 1. The van der Waals surface area contributed by atoms with Gasteiger partial charge in [-0.1, -0.05) is 6.07 Å². The van der Waals surface area contributed by atoms with Crippen LogP contribution in [-0.4, -0.2) is 25.3 Å². The minimum Gasteiger partial charge on any atom is -0.363 e. The monoisotopic (exact) mass is 243 g/mol. The molecule has 2 rings (SSSR count). The van der Waals surface area contributed by atoms with Crippen LogP contribution < -0.4 is 4.90 Å². The first-order valence-electron chi connectivity index (χ1n) is 5.40. The fourth-order valence-electron chi connectivity index (χ4n) is 2.12. The Morgan fingerprint density at radius 1 is 1.35 bits per heavy atom. The molecule has 0 amide bonds. The van der Waals surface area contributed by atoms with Gasteiger partial charge in [-0.2, -0.15) is 0 Å². The molecule has 5 heteroatoms. The number of rotatable bonds is 2. The Hall–Kier alpha value is -1.52. The normalized spacial score (nSPS) is 19.1. The van der Waals surface area contributed by atoms with Crippen LogP contribution in [0.2, 0.25) is 0 Å². The first kappa shape index (κ1) is 12.0. The minimum absolute atomic E-state index is 0.0122. The third-order valence-corrected chi connectivity index (χ3v) is 2.85. The van der Waals surface area contributed by atoms with Crippen molar-refractivity contribution in [2.24, 2.45) is 0 Å². The molecule has 1 heterocycles.